The second-order valence-electron chi connectivity index (χ2n) is 3.77. The molecule has 0 aliphatic heterocycles. The van der Waals surface area contributed by atoms with Crippen molar-refractivity contribution in [2.24, 2.45) is 0 Å². The van der Waals surface area contributed by atoms with E-state index in [4.69, 9.17) is 5.26 Å². The van der Waals surface area contributed by atoms with Crippen LogP contribution in [0.3, 0.4) is 0 Å². The number of nitriles is 1. The number of hydrogen-bond acceptors (Lipinski definition) is 3. The topological polar surface area (TPSA) is 48.7 Å². The van der Waals surface area contributed by atoms with Crippen LogP contribution in [0, 0.1) is 18.3 Å². The quantitative estimate of drug-likeness (QED) is 0.817. The van der Waals surface area contributed by atoms with Crippen molar-refractivity contribution in [1.29, 1.82) is 5.26 Å². The van der Waals surface area contributed by atoms with Crippen LogP contribution in [-0.4, -0.2) is 11.0 Å². The van der Waals surface area contributed by atoms with E-state index in [9.17, 15) is 0 Å². The highest BCUT2D eigenvalue weighted by Crippen LogP contribution is 2.16. The van der Waals surface area contributed by atoms with E-state index >= 15 is 0 Å². The SMILES string of the molecule is CCC(C)NC(C#N)c1cnccc1C. The average Bonchev–Trinajstić information content (AvgIpc) is 2.26. The van der Waals surface area contributed by atoms with Gasteiger partial charge in [-0.3, -0.25) is 10.3 Å². The predicted molar refractivity (Wildman–Crippen MR) is 60.2 cm³/mol. The van der Waals surface area contributed by atoms with Crippen LogP contribution in [-0.2, 0) is 0 Å². The van der Waals surface area contributed by atoms with E-state index in [-0.39, 0.29) is 6.04 Å². The van der Waals surface area contributed by atoms with E-state index in [0.717, 1.165) is 17.5 Å². The molecule has 0 aliphatic rings. The molecule has 3 nitrogen and oxygen atoms in total. The summed E-state index contributed by atoms with van der Waals surface area (Å²) in [6.07, 6.45) is 4.52. The van der Waals surface area contributed by atoms with Crippen molar-refractivity contribution in [3.05, 3.63) is 29.6 Å². The molecule has 2 unspecified atom stereocenters. The molecule has 3 heteroatoms. The zero-order valence-corrected chi connectivity index (χ0v) is 9.49. The molecule has 0 saturated heterocycles. The van der Waals surface area contributed by atoms with E-state index in [1.165, 1.54) is 0 Å². The van der Waals surface area contributed by atoms with Gasteiger partial charge in [0, 0.05) is 24.0 Å². The number of aryl methyl sites for hydroxylation is 1. The second-order valence-corrected chi connectivity index (χ2v) is 3.77. The molecule has 2 atom stereocenters. The molecule has 0 fully saturated rings. The molecule has 15 heavy (non-hydrogen) atoms. The van der Waals surface area contributed by atoms with Gasteiger partial charge in [-0.05, 0) is 31.9 Å². The highest BCUT2D eigenvalue weighted by Gasteiger charge is 2.14. The lowest BCUT2D eigenvalue weighted by molar-refractivity contribution is 0.499. The van der Waals surface area contributed by atoms with Crippen molar-refractivity contribution in [3.63, 3.8) is 0 Å². The highest BCUT2D eigenvalue weighted by atomic mass is 14.9. The Kier molecular flexibility index (Phi) is 4.26. The number of nitrogens with zero attached hydrogens (tertiary/aromatic N) is 2. The first-order chi connectivity index (χ1) is 7.19. The van der Waals surface area contributed by atoms with Gasteiger partial charge >= 0.3 is 0 Å². The lowest BCUT2D eigenvalue weighted by Crippen LogP contribution is -2.29. The van der Waals surface area contributed by atoms with Gasteiger partial charge in [0.2, 0.25) is 0 Å². The molecule has 0 radical (unpaired) electrons. The molecular weight excluding hydrogens is 186 g/mol. The van der Waals surface area contributed by atoms with Gasteiger partial charge in [0.1, 0.15) is 6.04 Å². The van der Waals surface area contributed by atoms with Crippen LogP contribution >= 0.6 is 0 Å². The number of aromatic nitrogens is 1. The predicted octanol–water partition coefficient (Wildman–Crippen LogP) is 2.34. The van der Waals surface area contributed by atoms with E-state index < -0.39 is 0 Å². The summed E-state index contributed by atoms with van der Waals surface area (Å²) in [6.45, 7) is 6.18. The summed E-state index contributed by atoms with van der Waals surface area (Å²) in [7, 11) is 0. The number of pyridine rings is 1. The van der Waals surface area contributed by atoms with Gasteiger partial charge in [-0.2, -0.15) is 5.26 Å². The number of nitrogens with one attached hydrogen (secondary N) is 1. The van der Waals surface area contributed by atoms with Gasteiger partial charge in [0.05, 0.1) is 6.07 Å². The summed E-state index contributed by atoms with van der Waals surface area (Å²) in [5.41, 5.74) is 2.08. The molecule has 1 heterocycles. The first-order valence-electron chi connectivity index (χ1n) is 5.25. The van der Waals surface area contributed by atoms with Gasteiger partial charge in [-0.25, -0.2) is 0 Å². The monoisotopic (exact) mass is 203 g/mol. The summed E-state index contributed by atoms with van der Waals surface area (Å²) in [5.74, 6) is 0. The Balaban J connectivity index is 2.85. The third kappa shape index (κ3) is 3.03. The maximum Gasteiger partial charge on any atom is 0.123 e. The van der Waals surface area contributed by atoms with E-state index in [2.05, 4.69) is 30.2 Å². The van der Waals surface area contributed by atoms with E-state index in [0.29, 0.717) is 6.04 Å². The molecule has 1 aromatic rings. The summed E-state index contributed by atoms with van der Waals surface area (Å²) in [6, 6.07) is 4.29. The molecule has 80 valence electrons. The molecule has 0 aliphatic carbocycles. The molecular formula is C12H17N3. The van der Waals surface area contributed by atoms with Crippen LogP contribution in [0.4, 0.5) is 0 Å². The largest absolute Gasteiger partial charge is 0.296 e. The van der Waals surface area contributed by atoms with Crippen LogP contribution < -0.4 is 5.32 Å². The van der Waals surface area contributed by atoms with Crippen LogP contribution in [0.2, 0.25) is 0 Å². The molecule has 0 amide bonds. The Morgan fingerprint density at radius 3 is 2.87 bits per heavy atom. The smallest absolute Gasteiger partial charge is 0.123 e. The van der Waals surface area contributed by atoms with E-state index in [1.54, 1.807) is 12.4 Å². The fourth-order valence-corrected chi connectivity index (χ4v) is 1.38. The van der Waals surface area contributed by atoms with Crippen molar-refractivity contribution >= 4 is 0 Å². The Hall–Kier alpha value is -1.40. The van der Waals surface area contributed by atoms with Gasteiger partial charge < -0.3 is 0 Å². The van der Waals surface area contributed by atoms with Gasteiger partial charge in [-0.15, -0.1) is 0 Å². The maximum atomic E-state index is 9.11. The zero-order valence-electron chi connectivity index (χ0n) is 9.49. The van der Waals surface area contributed by atoms with Crippen LogP contribution in [0.1, 0.15) is 37.4 Å². The maximum absolute atomic E-state index is 9.11. The van der Waals surface area contributed by atoms with Crippen molar-refractivity contribution in [3.8, 4) is 6.07 Å². The molecule has 1 N–H and O–H groups in total. The minimum atomic E-state index is -0.256. The lowest BCUT2D eigenvalue weighted by Gasteiger charge is -2.18. The standard InChI is InChI=1S/C12H17N3/c1-4-10(3)15-12(7-13)11-8-14-6-5-9(11)2/h5-6,8,10,12,15H,4H2,1-3H3. The molecule has 0 bridgehead atoms. The highest BCUT2D eigenvalue weighted by molar-refractivity contribution is 5.29. The first-order valence-corrected chi connectivity index (χ1v) is 5.25. The third-order valence-electron chi connectivity index (χ3n) is 2.58. The van der Waals surface area contributed by atoms with Crippen LogP contribution in [0.15, 0.2) is 18.5 Å². The molecule has 1 rings (SSSR count). The lowest BCUT2D eigenvalue weighted by atomic mass is 10.0. The number of rotatable bonds is 4. The average molecular weight is 203 g/mol. The van der Waals surface area contributed by atoms with Crippen molar-refractivity contribution in [2.45, 2.75) is 39.3 Å². The third-order valence-corrected chi connectivity index (χ3v) is 2.58. The first kappa shape index (κ1) is 11.7. The summed E-state index contributed by atoms with van der Waals surface area (Å²) in [5, 5.41) is 12.4. The Morgan fingerprint density at radius 2 is 2.33 bits per heavy atom. The summed E-state index contributed by atoms with van der Waals surface area (Å²) >= 11 is 0. The zero-order chi connectivity index (χ0) is 11.3. The number of hydrogen-bond donors (Lipinski definition) is 1. The van der Waals surface area contributed by atoms with E-state index in [1.807, 2.05) is 13.0 Å². The fourth-order valence-electron chi connectivity index (χ4n) is 1.38. The Morgan fingerprint density at radius 1 is 1.60 bits per heavy atom. The Labute approximate surface area is 91.1 Å². The normalized spacial score (nSPS) is 14.3. The minimum Gasteiger partial charge on any atom is -0.296 e. The van der Waals surface area contributed by atoms with Crippen LogP contribution in [0.5, 0.6) is 0 Å². The molecule has 0 spiro atoms. The molecule has 0 saturated carbocycles. The fraction of sp³-hybridized carbons (Fsp3) is 0.500. The van der Waals surface area contributed by atoms with Gasteiger partial charge in [0.15, 0.2) is 0 Å². The molecule has 0 aromatic carbocycles. The van der Waals surface area contributed by atoms with Gasteiger partial charge in [0.25, 0.3) is 0 Å². The van der Waals surface area contributed by atoms with Crippen molar-refractivity contribution in [1.82, 2.24) is 10.3 Å². The summed E-state index contributed by atoms with van der Waals surface area (Å²) < 4.78 is 0. The minimum absolute atomic E-state index is 0.256. The summed E-state index contributed by atoms with van der Waals surface area (Å²) in [4.78, 5) is 4.06. The Bertz CT molecular complexity index is 354. The van der Waals surface area contributed by atoms with Crippen LogP contribution in [0.25, 0.3) is 0 Å². The molecule has 1 aromatic heterocycles. The van der Waals surface area contributed by atoms with Crippen molar-refractivity contribution < 1.29 is 0 Å². The second kappa shape index (κ2) is 5.47. The van der Waals surface area contributed by atoms with Crippen molar-refractivity contribution in [2.75, 3.05) is 0 Å². The van der Waals surface area contributed by atoms with Gasteiger partial charge in [-0.1, -0.05) is 6.92 Å².